The molecule has 0 aliphatic carbocycles. The maximum absolute atomic E-state index is 10.7. The first kappa shape index (κ1) is 20.6. The molecular formula is C12H16ClN5O6S2. The minimum absolute atomic E-state index is 0.00553. The predicted octanol–water partition coefficient (Wildman–Crippen LogP) is 2.46. The third-order valence-corrected chi connectivity index (χ3v) is 4.91. The van der Waals surface area contributed by atoms with Crippen LogP contribution in [0.3, 0.4) is 0 Å². The minimum Gasteiger partial charge on any atom is -0.353 e. The topological polar surface area (TPSA) is 178 Å². The highest BCUT2D eigenvalue weighted by Gasteiger charge is 2.18. The maximum Gasteiger partial charge on any atom is 0.266 e. The van der Waals surface area contributed by atoms with Crippen molar-refractivity contribution >= 4 is 50.2 Å². The molecule has 2 aromatic rings. The minimum atomic E-state index is -4.13. The molecule has 0 unspecified atom stereocenters. The van der Waals surface area contributed by atoms with Gasteiger partial charge in [0.2, 0.25) is 17.2 Å². The number of hydrogen-bond acceptors (Lipinski definition) is 10. The van der Waals surface area contributed by atoms with Crippen LogP contribution < -0.4 is 10.6 Å². The Morgan fingerprint density at radius 3 is 2.31 bits per heavy atom. The number of aromatic nitrogens is 3. The monoisotopic (exact) mass is 425 g/mol. The SMILES string of the molecule is Cc1cc(Nc2nc(Cl)nc(NCCS(=O)(=O)O)n2)ccc1S(O)(O)O. The highest BCUT2D eigenvalue weighted by atomic mass is 35.5. The van der Waals surface area contributed by atoms with E-state index in [1.165, 1.54) is 18.2 Å². The average molecular weight is 426 g/mol. The van der Waals surface area contributed by atoms with Crippen LogP contribution in [0, 0.1) is 6.92 Å². The second kappa shape index (κ2) is 7.87. The molecule has 11 nitrogen and oxygen atoms in total. The Bertz CT molecular complexity index is 905. The number of aryl methyl sites for hydroxylation is 1. The standard InChI is InChI=1S/C12H16ClN5O6S2/c1-7-6-8(2-3-9(7)26(22,23)24)15-12-17-10(13)16-11(18-12)14-4-5-25(19,20)21/h2-3,6,22-24H,4-5H2,1H3,(H,19,20,21)(H2,14,15,16,17,18). The average Bonchev–Trinajstić information content (AvgIpc) is 2.43. The van der Waals surface area contributed by atoms with E-state index in [2.05, 4.69) is 25.6 Å². The molecule has 144 valence electrons. The van der Waals surface area contributed by atoms with Crippen molar-refractivity contribution in [2.75, 3.05) is 22.9 Å². The van der Waals surface area contributed by atoms with E-state index in [4.69, 9.17) is 16.2 Å². The summed E-state index contributed by atoms with van der Waals surface area (Å²) in [6.07, 6.45) is 0. The summed E-state index contributed by atoms with van der Waals surface area (Å²) in [5.74, 6) is -0.496. The molecule has 1 heterocycles. The zero-order valence-electron chi connectivity index (χ0n) is 13.3. The maximum atomic E-state index is 10.7. The summed E-state index contributed by atoms with van der Waals surface area (Å²) in [5, 5.41) is 5.25. The van der Waals surface area contributed by atoms with Gasteiger partial charge in [-0.1, -0.05) is 0 Å². The van der Waals surface area contributed by atoms with Gasteiger partial charge in [-0.2, -0.15) is 23.4 Å². The van der Waals surface area contributed by atoms with Gasteiger partial charge in [-0.15, -0.1) is 0 Å². The van der Waals surface area contributed by atoms with Crippen LogP contribution in [0.4, 0.5) is 17.6 Å². The van der Waals surface area contributed by atoms with Crippen molar-refractivity contribution in [3.63, 3.8) is 0 Å². The number of halogens is 1. The van der Waals surface area contributed by atoms with Crippen molar-refractivity contribution in [2.45, 2.75) is 11.8 Å². The van der Waals surface area contributed by atoms with Crippen molar-refractivity contribution < 1.29 is 26.6 Å². The van der Waals surface area contributed by atoms with E-state index < -0.39 is 26.7 Å². The van der Waals surface area contributed by atoms with E-state index in [9.17, 15) is 22.1 Å². The fraction of sp³-hybridized carbons (Fsp3) is 0.250. The molecule has 0 saturated carbocycles. The normalized spacial score (nSPS) is 12.7. The molecule has 2 rings (SSSR count). The van der Waals surface area contributed by atoms with Crippen LogP contribution in [0.2, 0.25) is 5.28 Å². The Labute approximate surface area is 155 Å². The van der Waals surface area contributed by atoms with Gasteiger partial charge in [-0.3, -0.25) is 4.55 Å². The van der Waals surface area contributed by atoms with Crippen LogP contribution in [-0.4, -0.2) is 53.9 Å². The van der Waals surface area contributed by atoms with Gasteiger partial charge in [0.25, 0.3) is 10.1 Å². The second-order valence-corrected chi connectivity index (χ2v) is 8.48. The lowest BCUT2D eigenvalue weighted by atomic mass is 10.2. The van der Waals surface area contributed by atoms with E-state index in [0.717, 1.165) is 0 Å². The van der Waals surface area contributed by atoms with Gasteiger partial charge in [-0.05, 0) is 42.3 Å². The summed E-state index contributed by atoms with van der Waals surface area (Å²) < 4.78 is 58.0. The Morgan fingerprint density at radius 2 is 1.73 bits per heavy atom. The summed E-state index contributed by atoms with van der Waals surface area (Å²) >= 11 is 5.80. The van der Waals surface area contributed by atoms with Gasteiger partial charge in [0, 0.05) is 12.2 Å². The van der Waals surface area contributed by atoms with Crippen molar-refractivity contribution in [2.24, 2.45) is 0 Å². The molecule has 1 aromatic carbocycles. The smallest absolute Gasteiger partial charge is 0.266 e. The first-order valence-corrected chi connectivity index (χ1v) is 10.4. The van der Waals surface area contributed by atoms with Crippen molar-refractivity contribution in [3.8, 4) is 0 Å². The number of nitrogens with zero attached hydrogens (tertiary/aromatic N) is 3. The van der Waals surface area contributed by atoms with E-state index in [1.54, 1.807) is 6.92 Å². The third-order valence-electron chi connectivity index (χ3n) is 2.98. The third kappa shape index (κ3) is 6.21. The number of anilines is 3. The molecule has 0 atom stereocenters. The molecule has 0 aliphatic rings. The Hall–Kier alpha value is -1.74. The van der Waals surface area contributed by atoms with Gasteiger partial charge in [0.15, 0.2) is 0 Å². The number of hydrogen-bond donors (Lipinski definition) is 6. The van der Waals surface area contributed by atoms with Gasteiger partial charge >= 0.3 is 0 Å². The van der Waals surface area contributed by atoms with Crippen LogP contribution >= 0.6 is 22.5 Å². The van der Waals surface area contributed by atoms with Crippen molar-refractivity contribution in [3.05, 3.63) is 29.0 Å². The lowest BCUT2D eigenvalue weighted by molar-refractivity contribution is 0.375. The summed E-state index contributed by atoms with van der Waals surface area (Å²) in [6, 6.07) is 4.33. The van der Waals surface area contributed by atoms with Crippen molar-refractivity contribution in [1.29, 1.82) is 0 Å². The zero-order valence-corrected chi connectivity index (χ0v) is 15.7. The fourth-order valence-corrected chi connectivity index (χ4v) is 3.20. The number of rotatable bonds is 7. The first-order chi connectivity index (χ1) is 11.9. The Balaban J connectivity index is 2.15. The highest BCUT2D eigenvalue weighted by Crippen LogP contribution is 2.45. The van der Waals surface area contributed by atoms with Crippen LogP contribution in [0.5, 0.6) is 0 Å². The van der Waals surface area contributed by atoms with Gasteiger partial charge in [-0.25, -0.2) is 0 Å². The summed E-state index contributed by atoms with van der Waals surface area (Å²) in [7, 11) is -7.95. The molecule has 0 aliphatic heterocycles. The van der Waals surface area contributed by atoms with Crippen LogP contribution in [-0.2, 0) is 10.1 Å². The molecule has 0 amide bonds. The fourth-order valence-electron chi connectivity index (χ4n) is 1.94. The zero-order chi connectivity index (χ0) is 19.5. The second-order valence-electron chi connectivity index (χ2n) is 5.09. The lowest BCUT2D eigenvalue weighted by Crippen LogP contribution is -2.16. The molecule has 6 N–H and O–H groups in total. The van der Waals surface area contributed by atoms with Crippen LogP contribution in [0.25, 0.3) is 0 Å². The largest absolute Gasteiger partial charge is 0.353 e. The van der Waals surface area contributed by atoms with Gasteiger partial charge in [0.05, 0.1) is 10.6 Å². The molecular weight excluding hydrogens is 410 g/mol. The van der Waals surface area contributed by atoms with E-state index in [-0.39, 0.29) is 28.6 Å². The molecule has 0 fully saturated rings. The first-order valence-electron chi connectivity index (χ1n) is 6.93. The van der Waals surface area contributed by atoms with Crippen LogP contribution in [0.15, 0.2) is 23.1 Å². The number of benzene rings is 1. The molecule has 14 heteroatoms. The molecule has 1 aromatic heterocycles. The molecule has 26 heavy (non-hydrogen) atoms. The quantitative estimate of drug-likeness (QED) is 0.359. The van der Waals surface area contributed by atoms with Crippen molar-refractivity contribution in [1.82, 2.24) is 15.0 Å². The van der Waals surface area contributed by atoms with Crippen LogP contribution in [0.1, 0.15) is 5.56 Å². The van der Waals surface area contributed by atoms with Gasteiger partial charge < -0.3 is 24.3 Å². The highest BCUT2D eigenvalue weighted by molar-refractivity contribution is 8.19. The Morgan fingerprint density at radius 1 is 1.08 bits per heavy atom. The predicted molar refractivity (Wildman–Crippen MR) is 97.9 cm³/mol. The molecule has 0 saturated heterocycles. The molecule has 0 bridgehead atoms. The molecule has 0 radical (unpaired) electrons. The Kier molecular flexibility index (Phi) is 6.23. The van der Waals surface area contributed by atoms with E-state index in [0.29, 0.717) is 11.3 Å². The van der Waals surface area contributed by atoms with E-state index >= 15 is 0 Å². The summed E-state index contributed by atoms with van der Waals surface area (Å²) in [5.41, 5.74) is 0.894. The van der Waals surface area contributed by atoms with E-state index in [1.807, 2.05) is 0 Å². The number of nitrogens with one attached hydrogen (secondary N) is 2. The summed E-state index contributed by atoms with van der Waals surface area (Å²) in [4.78, 5) is 11.6. The lowest BCUT2D eigenvalue weighted by Gasteiger charge is -2.21. The van der Waals surface area contributed by atoms with Gasteiger partial charge in [0.1, 0.15) is 10.9 Å². The molecule has 0 spiro atoms. The summed E-state index contributed by atoms with van der Waals surface area (Å²) in [6.45, 7) is 1.44.